The fourth-order valence-electron chi connectivity index (χ4n) is 3.87. The Bertz CT molecular complexity index is 1100. The van der Waals surface area contributed by atoms with Crippen molar-refractivity contribution in [3.8, 4) is 5.75 Å². The van der Waals surface area contributed by atoms with E-state index in [1.54, 1.807) is 31.2 Å². The Balaban J connectivity index is 1.83. The lowest BCUT2D eigenvalue weighted by atomic mass is 9.94. The number of ketones is 1. The minimum Gasteiger partial charge on any atom is -0.497 e. The van der Waals surface area contributed by atoms with Gasteiger partial charge >= 0.3 is 0 Å². The van der Waals surface area contributed by atoms with Gasteiger partial charge in [-0.15, -0.1) is 0 Å². The molecule has 37 heavy (non-hydrogen) atoms. The molecule has 0 aliphatic carbocycles. The summed E-state index contributed by atoms with van der Waals surface area (Å²) in [6, 6.07) is 13.0. The van der Waals surface area contributed by atoms with Crippen molar-refractivity contribution in [2.24, 2.45) is 0 Å². The zero-order valence-electron chi connectivity index (χ0n) is 21.2. The number of nitrogens with one attached hydrogen (secondary N) is 3. The normalized spacial score (nSPS) is 18.6. The number of aliphatic hydroxyl groups is 1. The van der Waals surface area contributed by atoms with Gasteiger partial charge in [-0.05, 0) is 36.6 Å². The van der Waals surface area contributed by atoms with Crippen molar-refractivity contribution in [2.75, 3.05) is 20.3 Å². The number of Topliss-reactive ketones (excluding diaryl/α,β-unsaturated/α-hetero) is 1. The van der Waals surface area contributed by atoms with Crippen molar-refractivity contribution in [3.05, 3.63) is 65.7 Å². The number of hydrogen-bond acceptors (Lipinski definition) is 7. The van der Waals surface area contributed by atoms with Gasteiger partial charge in [0.2, 0.25) is 17.7 Å². The quantitative estimate of drug-likeness (QED) is 0.283. The number of benzene rings is 2. The van der Waals surface area contributed by atoms with Crippen LogP contribution in [0.3, 0.4) is 0 Å². The minimum absolute atomic E-state index is 0.0970. The lowest BCUT2D eigenvalue weighted by Crippen LogP contribution is -2.58. The third kappa shape index (κ3) is 7.86. The summed E-state index contributed by atoms with van der Waals surface area (Å²) in [5, 5.41) is 17.3. The SMILES string of the molecule is COc1ccc(CC(NC(=O)C(CO)NC(C)=O)C(=O)NC(Cc2ccccc2)C(=O)C2(C)CO2)cc1. The third-order valence-electron chi connectivity index (χ3n) is 6.12. The molecule has 0 aromatic heterocycles. The van der Waals surface area contributed by atoms with Crippen molar-refractivity contribution in [1.82, 2.24) is 16.0 Å². The molecule has 198 valence electrons. The van der Waals surface area contributed by atoms with E-state index in [1.807, 2.05) is 30.3 Å². The van der Waals surface area contributed by atoms with Crippen LogP contribution in [-0.4, -0.2) is 72.7 Å². The molecule has 2 aromatic carbocycles. The van der Waals surface area contributed by atoms with Gasteiger partial charge in [-0.3, -0.25) is 19.2 Å². The van der Waals surface area contributed by atoms with Crippen LogP contribution in [0.2, 0.25) is 0 Å². The van der Waals surface area contributed by atoms with Gasteiger partial charge in [-0.1, -0.05) is 42.5 Å². The Morgan fingerprint density at radius 1 is 0.892 bits per heavy atom. The summed E-state index contributed by atoms with van der Waals surface area (Å²) in [7, 11) is 1.54. The second-order valence-electron chi connectivity index (χ2n) is 9.18. The number of methoxy groups -OCH3 is 1. The molecule has 0 radical (unpaired) electrons. The Morgan fingerprint density at radius 3 is 1.97 bits per heavy atom. The smallest absolute Gasteiger partial charge is 0.245 e. The molecule has 3 amide bonds. The molecule has 1 aliphatic heterocycles. The minimum atomic E-state index is -1.23. The summed E-state index contributed by atoms with van der Waals surface area (Å²) in [6.45, 7) is 2.52. The molecule has 10 heteroatoms. The van der Waals surface area contributed by atoms with E-state index in [0.717, 1.165) is 11.1 Å². The third-order valence-corrected chi connectivity index (χ3v) is 6.12. The Hall–Kier alpha value is -3.76. The van der Waals surface area contributed by atoms with Crippen molar-refractivity contribution < 1.29 is 33.8 Å². The summed E-state index contributed by atoms with van der Waals surface area (Å²) in [4.78, 5) is 51.0. The van der Waals surface area contributed by atoms with E-state index in [0.29, 0.717) is 5.75 Å². The molecule has 1 saturated heterocycles. The number of aliphatic hydroxyl groups excluding tert-OH is 1. The van der Waals surface area contributed by atoms with Crippen LogP contribution in [0.1, 0.15) is 25.0 Å². The first kappa shape index (κ1) is 27.8. The molecule has 4 N–H and O–H groups in total. The molecule has 0 saturated carbocycles. The molecular formula is C27H33N3O7. The molecular weight excluding hydrogens is 478 g/mol. The first-order valence-electron chi connectivity index (χ1n) is 12.0. The van der Waals surface area contributed by atoms with E-state index < -0.39 is 48.1 Å². The Kier molecular flexibility index (Phi) is 9.37. The van der Waals surface area contributed by atoms with Gasteiger partial charge in [0, 0.05) is 13.3 Å². The van der Waals surface area contributed by atoms with Gasteiger partial charge in [0.25, 0.3) is 0 Å². The Labute approximate surface area is 215 Å². The Morgan fingerprint density at radius 2 is 1.43 bits per heavy atom. The first-order valence-corrected chi connectivity index (χ1v) is 12.0. The monoisotopic (exact) mass is 511 g/mol. The predicted octanol–water partition coefficient (Wildman–Crippen LogP) is 0.305. The number of carbonyl (C=O) groups excluding carboxylic acids is 4. The molecule has 0 bridgehead atoms. The van der Waals surface area contributed by atoms with E-state index in [1.165, 1.54) is 14.0 Å². The van der Waals surface area contributed by atoms with E-state index in [9.17, 15) is 24.3 Å². The zero-order valence-corrected chi connectivity index (χ0v) is 21.2. The number of amides is 3. The maximum Gasteiger partial charge on any atom is 0.245 e. The highest BCUT2D eigenvalue weighted by Gasteiger charge is 2.50. The summed E-state index contributed by atoms with van der Waals surface area (Å²) in [5.74, 6) is -1.44. The summed E-state index contributed by atoms with van der Waals surface area (Å²) >= 11 is 0. The van der Waals surface area contributed by atoms with Crippen LogP contribution in [-0.2, 0) is 36.8 Å². The van der Waals surface area contributed by atoms with Crippen LogP contribution >= 0.6 is 0 Å². The van der Waals surface area contributed by atoms with Crippen LogP contribution in [0, 0.1) is 0 Å². The van der Waals surface area contributed by atoms with E-state index in [2.05, 4.69) is 16.0 Å². The van der Waals surface area contributed by atoms with Gasteiger partial charge in [-0.25, -0.2) is 0 Å². The second kappa shape index (κ2) is 12.5. The molecule has 1 fully saturated rings. The summed E-state index contributed by atoms with van der Waals surface area (Å²) in [6.07, 6.45) is 0.346. The van der Waals surface area contributed by atoms with Crippen LogP contribution in [0.25, 0.3) is 0 Å². The van der Waals surface area contributed by atoms with Gasteiger partial charge < -0.3 is 30.5 Å². The van der Waals surface area contributed by atoms with Crippen LogP contribution in [0.15, 0.2) is 54.6 Å². The number of hydrogen-bond donors (Lipinski definition) is 4. The highest BCUT2D eigenvalue weighted by molar-refractivity contribution is 5.98. The topological polar surface area (TPSA) is 146 Å². The maximum atomic E-state index is 13.5. The largest absolute Gasteiger partial charge is 0.497 e. The molecule has 4 unspecified atom stereocenters. The molecule has 1 heterocycles. The van der Waals surface area contributed by atoms with Gasteiger partial charge in [0.15, 0.2) is 5.78 Å². The lowest BCUT2D eigenvalue weighted by molar-refractivity contribution is -0.134. The number of epoxide rings is 1. The standard InChI is InChI=1S/C27H33N3O7/c1-17(32)28-23(15-31)26(35)30-22(14-19-9-11-20(36-3)12-10-19)25(34)29-21(24(33)27(2)16-37-27)13-18-7-5-4-6-8-18/h4-12,21-23,31H,13-16H2,1-3H3,(H,28,32)(H,29,34)(H,30,35). The highest BCUT2D eigenvalue weighted by atomic mass is 16.6. The van der Waals surface area contributed by atoms with E-state index in [4.69, 9.17) is 9.47 Å². The molecule has 0 spiro atoms. The number of rotatable bonds is 13. The van der Waals surface area contributed by atoms with Gasteiger partial charge in [-0.2, -0.15) is 0 Å². The average molecular weight is 512 g/mol. The van der Waals surface area contributed by atoms with Crippen LogP contribution in [0.5, 0.6) is 5.75 Å². The lowest BCUT2D eigenvalue weighted by Gasteiger charge is -2.25. The molecule has 4 atom stereocenters. The van der Waals surface area contributed by atoms with Crippen molar-refractivity contribution in [3.63, 3.8) is 0 Å². The number of carbonyl (C=O) groups is 4. The average Bonchev–Trinajstić information content (AvgIpc) is 3.65. The fourth-order valence-corrected chi connectivity index (χ4v) is 3.87. The summed E-state index contributed by atoms with van der Waals surface area (Å²) in [5.41, 5.74) is 0.617. The van der Waals surface area contributed by atoms with Crippen LogP contribution < -0.4 is 20.7 Å². The van der Waals surface area contributed by atoms with Gasteiger partial charge in [0.1, 0.15) is 23.4 Å². The molecule has 3 rings (SSSR count). The second-order valence-corrected chi connectivity index (χ2v) is 9.18. The van der Waals surface area contributed by atoms with Crippen molar-refractivity contribution in [2.45, 2.75) is 50.4 Å². The zero-order chi connectivity index (χ0) is 27.0. The summed E-state index contributed by atoms with van der Waals surface area (Å²) < 4.78 is 10.5. The number of ether oxygens (including phenoxy) is 2. The first-order chi connectivity index (χ1) is 17.6. The molecule has 2 aromatic rings. The van der Waals surface area contributed by atoms with Crippen molar-refractivity contribution in [1.29, 1.82) is 0 Å². The van der Waals surface area contributed by atoms with E-state index in [-0.39, 0.29) is 25.2 Å². The maximum absolute atomic E-state index is 13.5. The fraction of sp³-hybridized carbons (Fsp3) is 0.407. The van der Waals surface area contributed by atoms with Crippen LogP contribution in [0.4, 0.5) is 0 Å². The van der Waals surface area contributed by atoms with Gasteiger partial charge in [0.05, 0.1) is 26.4 Å². The predicted molar refractivity (Wildman–Crippen MR) is 135 cm³/mol. The highest BCUT2D eigenvalue weighted by Crippen LogP contribution is 2.29. The van der Waals surface area contributed by atoms with E-state index >= 15 is 0 Å². The van der Waals surface area contributed by atoms with Crippen molar-refractivity contribution >= 4 is 23.5 Å². The molecule has 10 nitrogen and oxygen atoms in total. The molecule has 1 aliphatic rings.